The minimum atomic E-state index is 0.700. The first-order valence-corrected chi connectivity index (χ1v) is 6.35. The van der Waals surface area contributed by atoms with Crippen molar-refractivity contribution in [2.24, 2.45) is 5.92 Å². The lowest BCUT2D eigenvalue weighted by Crippen LogP contribution is -2.44. The first-order chi connectivity index (χ1) is 7.75. The van der Waals surface area contributed by atoms with E-state index < -0.39 is 0 Å². The SMILES string of the molecule is CN1CC2CNCCC2c2cc(Cl)ccc21. The summed E-state index contributed by atoms with van der Waals surface area (Å²) in [6.07, 6.45) is 1.24. The van der Waals surface area contributed by atoms with Crippen LogP contribution in [0.5, 0.6) is 0 Å². The summed E-state index contributed by atoms with van der Waals surface area (Å²) >= 11 is 6.12. The molecule has 0 radical (unpaired) electrons. The van der Waals surface area contributed by atoms with Gasteiger partial charge in [-0.2, -0.15) is 0 Å². The number of benzene rings is 1. The van der Waals surface area contributed by atoms with Gasteiger partial charge in [0, 0.05) is 30.8 Å². The maximum absolute atomic E-state index is 6.12. The van der Waals surface area contributed by atoms with E-state index in [4.69, 9.17) is 11.6 Å². The van der Waals surface area contributed by atoms with Crippen molar-refractivity contribution >= 4 is 17.3 Å². The second-order valence-corrected chi connectivity index (χ2v) is 5.38. The van der Waals surface area contributed by atoms with Crippen molar-refractivity contribution < 1.29 is 0 Å². The molecule has 1 saturated heterocycles. The molecule has 0 bridgehead atoms. The van der Waals surface area contributed by atoms with Crippen LogP contribution in [-0.2, 0) is 0 Å². The summed E-state index contributed by atoms with van der Waals surface area (Å²) in [5, 5.41) is 4.36. The number of nitrogens with one attached hydrogen (secondary N) is 1. The number of hydrogen-bond acceptors (Lipinski definition) is 2. The van der Waals surface area contributed by atoms with Crippen molar-refractivity contribution in [3.05, 3.63) is 28.8 Å². The molecule has 2 nitrogen and oxygen atoms in total. The van der Waals surface area contributed by atoms with Gasteiger partial charge in [0.05, 0.1) is 0 Å². The highest BCUT2D eigenvalue weighted by atomic mass is 35.5. The van der Waals surface area contributed by atoms with Crippen LogP contribution in [0.2, 0.25) is 5.02 Å². The highest BCUT2D eigenvalue weighted by molar-refractivity contribution is 6.30. The summed E-state index contributed by atoms with van der Waals surface area (Å²) in [4.78, 5) is 2.36. The zero-order valence-corrected chi connectivity index (χ0v) is 10.3. The molecule has 0 amide bonds. The lowest BCUT2D eigenvalue weighted by atomic mass is 9.77. The van der Waals surface area contributed by atoms with Gasteiger partial charge in [-0.1, -0.05) is 11.6 Å². The van der Waals surface area contributed by atoms with E-state index in [0.717, 1.165) is 30.6 Å². The Morgan fingerprint density at radius 2 is 2.31 bits per heavy atom. The molecule has 2 atom stereocenters. The number of nitrogens with zero attached hydrogens (tertiary/aromatic N) is 1. The number of rotatable bonds is 0. The van der Waals surface area contributed by atoms with E-state index in [2.05, 4.69) is 29.4 Å². The predicted molar refractivity (Wildman–Crippen MR) is 68.4 cm³/mol. The van der Waals surface area contributed by atoms with Crippen LogP contribution in [-0.4, -0.2) is 26.7 Å². The van der Waals surface area contributed by atoms with Gasteiger partial charge >= 0.3 is 0 Å². The number of halogens is 1. The lowest BCUT2D eigenvalue weighted by Gasteiger charge is -2.42. The fraction of sp³-hybridized carbons (Fsp3) is 0.538. The summed E-state index contributed by atoms with van der Waals surface area (Å²) < 4.78 is 0. The van der Waals surface area contributed by atoms with Crippen LogP contribution in [0.25, 0.3) is 0 Å². The summed E-state index contributed by atoms with van der Waals surface area (Å²) in [6.45, 7) is 3.43. The fourth-order valence-corrected chi connectivity index (χ4v) is 3.32. The molecule has 1 aromatic carbocycles. The highest BCUT2D eigenvalue weighted by Gasteiger charge is 2.33. The van der Waals surface area contributed by atoms with Crippen molar-refractivity contribution in [3.8, 4) is 0 Å². The van der Waals surface area contributed by atoms with Crippen LogP contribution < -0.4 is 10.2 Å². The van der Waals surface area contributed by atoms with E-state index in [-0.39, 0.29) is 0 Å². The van der Waals surface area contributed by atoms with Crippen LogP contribution in [0.4, 0.5) is 5.69 Å². The second kappa shape index (κ2) is 3.94. The van der Waals surface area contributed by atoms with Crippen LogP contribution >= 0.6 is 11.6 Å². The number of hydrogen-bond donors (Lipinski definition) is 1. The Balaban J connectivity index is 2.05. The third-order valence-corrected chi connectivity index (χ3v) is 4.15. The third kappa shape index (κ3) is 1.61. The molecule has 0 spiro atoms. The van der Waals surface area contributed by atoms with Crippen LogP contribution in [0.1, 0.15) is 17.9 Å². The van der Waals surface area contributed by atoms with Crippen molar-refractivity contribution in [3.63, 3.8) is 0 Å². The number of fused-ring (bicyclic) bond motifs is 3. The molecular weight excluding hydrogens is 220 g/mol. The second-order valence-electron chi connectivity index (χ2n) is 4.94. The average molecular weight is 237 g/mol. The zero-order chi connectivity index (χ0) is 11.1. The monoisotopic (exact) mass is 236 g/mol. The smallest absolute Gasteiger partial charge is 0.0410 e. The number of anilines is 1. The van der Waals surface area contributed by atoms with E-state index in [1.54, 1.807) is 0 Å². The molecule has 1 aromatic rings. The Morgan fingerprint density at radius 3 is 3.19 bits per heavy atom. The van der Waals surface area contributed by atoms with E-state index in [0.29, 0.717) is 5.92 Å². The summed E-state index contributed by atoms with van der Waals surface area (Å²) in [5.41, 5.74) is 2.82. The molecule has 0 aliphatic carbocycles. The standard InChI is InChI=1S/C13H17ClN2/c1-16-8-9-7-15-5-4-11(9)12-6-10(14)2-3-13(12)16/h2-3,6,9,11,15H,4-5,7-8H2,1H3. The van der Waals surface area contributed by atoms with Crippen LogP contribution in [0.3, 0.4) is 0 Å². The molecule has 0 saturated carbocycles. The largest absolute Gasteiger partial charge is 0.374 e. The first kappa shape index (κ1) is 10.4. The molecule has 2 unspecified atom stereocenters. The van der Waals surface area contributed by atoms with Crippen LogP contribution in [0, 0.1) is 5.92 Å². The predicted octanol–water partition coefficient (Wildman–Crippen LogP) is 2.48. The molecule has 3 rings (SSSR count). The lowest BCUT2D eigenvalue weighted by molar-refractivity contribution is 0.318. The zero-order valence-electron chi connectivity index (χ0n) is 9.54. The van der Waals surface area contributed by atoms with E-state index in [1.165, 1.54) is 17.7 Å². The van der Waals surface area contributed by atoms with Gasteiger partial charge in [-0.3, -0.25) is 0 Å². The Morgan fingerprint density at radius 1 is 1.44 bits per heavy atom. The molecule has 2 heterocycles. The topological polar surface area (TPSA) is 15.3 Å². The summed E-state index contributed by atoms with van der Waals surface area (Å²) in [6, 6.07) is 6.32. The minimum Gasteiger partial charge on any atom is -0.374 e. The van der Waals surface area contributed by atoms with Gasteiger partial charge in [0.2, 0.25) is 0 Å². The molecule has 3 heteroatoms. The van der Waals surface area contributed by atoms with Gasteiger partial charge in [0.25, 0.3) is 0 Å². The number of piperidine rings is 1. The van der Waals surface area contributed by atoms with Crippen molar-refractivity contribution in [1.82, 2.24) is 5.32 Å². The Hall–Kier alpha value is -0.730. The molecule has 0 aromatic heterocycles. The fourth-order valence-electron chi connectivity index (χ4n) is 3.14. The molecule has 2 aliphatic heterocycles. The minimum absolute atomic E-state index is 0.700. The van der Waals surface area contributed by atoms with Gasteiger partial charge in [0.15, 0.2) is 0 Å². The molecule has 86 valence electrons. The van der Waals surface area contributed by atoms with Crippen molar-refractivity contribution in [2.45, 2.75) is 12.3 Å². The van der Waals surface area contributed by atoms with Crippen molar-refractivity contribution in [2.75, 3.05) is 31.6 Å². The van der Waals surface area contributed by atoms with E-state index >= 15 is 0 Å². The maximum Gasteiger partial charge on any atom is 0.0410 e. The van der Waals surface area contributed by atoms with Crippen molar-refractivity contribution in [1.29, 1.82) is 0 Å². The molecular formula is C13H17ClN2. The highest BCUT2D eigenvalue weighted by Crippen LogP contribution is 2.41. The molecule has 16 heavy (non-hydrogen) atoms. The van der Waals surface area contributed by atoms with E-state index in [9.17, 15) is 0 Å². The molecule has 1 N–H and O–H groups in total. The van der Waals surface area contributed by atoms with Gasteiger partial charge in [-0.15, -0.1) is 0 Å². The molecule has 2 aliphatic rings. The Labute approximate surface area is 102 Å². The quantitative estimate of drug-likeness (QED) is 0.745. The van der Waals surface area contributed by atoms with Crippen LogP contribution in [0.15, 0.2) is 18.2 Å². The third-order valence-electron chi connectivity index (χ3n) is 3.92. The first-order valence-electron chi connectivity index (χ1n) is 5.97. The average Bonchev–Trinajstić information content (AvgIpc) is 2.29. The van der Waals surface area contributed by atoms with Gasteiger partial charge in [-0.25, -0.2) is 0 Å². The Kier molecular flexibility index (Phi) is 2.56. The Bertz CT molecular complexity index is 405. The normalized spacial score (nSPS) is 28.5. The van der Waals surface area contributed by atoms with Gasteiger partial charge < -0.3 is 10.2 Å². The van der Waals surface area contributed by atoms with Gasteiger partial charge in [-0.05, 0) is 48.6 Å². The molecule has 1 fully saturated rings. The maximum atomic E-state index is 6.12. The summed E-state index contributed by atoms with van der Waals surface area (Å²) in [5.74, 6) is 1.44. The van der Waals surface area contributed by atoms with Gasteiger partial charge in [0.1, 0.15) is 0 Å². The van der Waals surface area contributed by atoms with E-state index in [1.807, 2.05) is 6.07 Å². The summed E-state index contributed by atoms with van der Waals surface area (Å²) in [7, 11) is 2.18.